The molecule has 86 valence electrons. The number of benzene rings is 1. The zero-order valence-corrected chi connectivity index (χ0v) is 8.93. The summed E-state index contributed by atoms with van der Waals surface area (Å²) < 4.78 is 43.0. The van der Waals surface area contributed by atoms with Crippen LogP contribution in [0.1, 0.15) is 24.0 Å². The van der Waals surface area contributed by atoms with E-state index in [0.29, 0.717) is 0 Å². The predicted molar refractivity (Wildman–Crippen MR) is 55.2 cm³/mol. The van der Waals surface area contributed by atoms with Crippen molar-refractivity contribution in [2.45, 2.75) is 19.0 Å². The van der Waals surface area contributed by atoms with Gasteiger partial charge in [0.25, 0.3) is 0 Å². The maximum atomic E-state index is 12.7. The number of halogens is 3. The molecule has 0 aromatic heterocycles. The molecule has 16 heavy (non-hydrogen) atoms. The molecule has 0 spiro atoms. The Morgan fingerprint density at radius 2 is 2.00 bits per heavy atom. The van der Waals surface area contributed by atoms with E-state index in [0.717, 1.165) is 6.07 Å². The summed E-state index contributed by atoms with van der Waals surface area (Å²) in [5, 5.41) is 0. The van der Waals surface area contributed by atoms with Crippen LogP contribution in [0.15, 0.2) is 18.2 Å². The molecule has 0 amide bonds. The van der Waals surface area contributed by atoms with Gasteiger partial charge in [-0.2, -0.15) is 13.2 Å². The second-order valence-corrected chi connectivity index (χ2v) is 3.34. The van der Waals surface area contributed by atoms with Crippen LogP contribution in [0.5, 0.6) is 5.75 Å². The molecule has 1 atom stereocenters. The Kier molecular flexibility index (Phi) is 3.48. The topological polar surface area (TPSA) is 9.23 Å². The van der Waals surface area contributed by atoms with Crippen LogP contribution in [0.4, 0.5) is 13.2 Å². The summed E-state index contributed by atoms with van der Waals surface area (Å²) in [4.78, 5) is 0. The van der Waals surface area contributed by atoms with Crippen molar-refractivity contribution in [1.82, 2.24) is 0 Å². The lowest BCUT2D eigenvalue weighted by Gasteiger charge is -2.15. The first kappa shape index (κ1) is 12.4. The van der Waals surface area contributed by atoms with Gasteiger partial charge < -0.3 is 4.74 Å². The van der Waals surface area contributed by atoms with Gasteiger partial charge in [-0.15, -0.1) is 6.42 Å². The third kappa shape index (κ3) is 2.48. The Balaban J connectivity index is 3.34. The van der Waals surface area contributed by atoms with E-state index in [1.54, 1.807) is 6.92 Å². The van der Waals surface area contributed by atoms with Crippen LogP contribution >= 0.6 is 0 Å². The van der Waals surface area contributed by atoms with Crippen LogP contribution in [0.2, 0.25) is 0 Å². The van der Waals surface area contributed by atoms with Crippen molar-refractivity contribution in [2.24, 2.45) is 0 Å². The Hall–Kier alpha value is -1.63. The highest BCUT2D eigenvalue weighted by atomic mass is 19.4. The molecule has 0 bridgehead atoms. The minimum Gasteiger partial charge on any atom is -0.497 e. The van der Waals surface area contributed by atoms with Crippen molar-refractivity contribution in [1.29, 1.82) is 0 Å². The lowest BCUT2D eigenvalue weighted by molar-refractivity contribution is -0.138. The first-order valence-corrected chi connectivity index (χ1v) is 4.61. The van der Waals surface area contributed by atoms with Crippen molar-refractivity contribution < 1.29 is 17.9 Å². The van der Waals surface area contributed by atoms with Gasteiger partial charge in [-0.25, -0.2) is 0 Å². The highest BCUT2D eigenvalue weighted by molar-refractivity contribution is 5.41. The number of terminal acetylenes is 1. The van der Waals surface area contributed by atoms with Gasteiger partial charge >= 0.3 is 6.18 Å². The molecule has 0 aliphatic carbocycles. The maximum absolute atomic E-state index is 12.7. The van der Waals surface area contributed by atoms with Crippen LogP contribution in [-0.4, -0.2) is 7.11 Å². The number of ether oxygens (including phenoxy) is 1. The lowest BCUT2D eigenvalue weighted by atomic mass is 9.96. The van der Waals surface area contributed by atoms with E-state index in [2.05, 4.69) is 5.92 Å². The number of methoxy groups -OCH3 is 1. The van der Waals surface area contributed by atoms with Crippen LogP contribution in [0.25, 0.3) is 0 Å². The van der Waals surface area contributed by atoms with Gasteiger partial charge in [-0.1, -0.05) is 12.0 Å². The molecule has 0 fully saturated rings. The molecule has 0 saturated heterocycles. The second-order valence-electron chi connectivity index (χ2n) is 3.34. The largest absolute Gasteiger partial charge is 0.497 e. The van der Waals surface area contributed by atoms with E-state index in [9.17, 15) is 13.2 Å². The molecule has 0 saturated carbocycles. The van der Waals surface area contributed by atoms with Gasteiger partial charge in [0.2, 0.25) is 0 Å². The molecule has 0 aliphatic rings. The molecule has 1 rings (SSSR count). The molecule has 1 nitrogen and oxygen atoms in total. The molecular formula is C12H11F3O. The Bertz CT molecular complexity index is 415. The minimum atomic E-state index is -4.42. The van der Waals surface area contributed by atoms with Crippen LogP contribution < -0.4 is 4.74 Å². The molecule has 0 N–H and O–H groups in total. The fraction of sp³-hybridized carbons (Fsp3) is 0.333. The minimum absolute atomic E-state index is 0.0933. The summed E-state index contributed by atoms with van der Waals surface area (Å²) in [5.74, 6) is 1.88. The van der Waals surface area contributed by atoms with Gasteiger partial charge in [0.1, 0.15) is 5.75 Å². The van der Waals surface area contributed by atoms with Crippen LogP contribution in [0.3, 0.4) is 0 Å². The van der Waals surface area contributed by atoms with Crippen molar-refractivity contribution in [3.05, 3.63) is 29.3 Å². The molecule has 1 aromatic rings. The number of alkyl halides is 3. The van der Waals surface area contributed by atoms with Crippen molar-refractivity contribution in [3.63, 3.8) is 0 Å². The summed E-state index contributed by atoms with van der Waals surface area (Å²) in [6.07, 6.45) is 0.717. The van der Waals surface area contributed by atoms with Crippen molar-refractivity contribution >= 4 is 0 Å². The lowest BCUT2D eigenvalue weighted by Crippen LogP contribution is -2.10. The van der Waals surface area contributed by atoms with E-state index in [1.165, 1.54) is 19.2 Å². The van der Waals surface area contributed by atoms with Crippen molar-refractivity contribution in [2.75, 3.05) is 7.11 Å². The summed E-state index contributed by atoms with van der Waals surface area (Å²) in [6.45, 7) is 1.55. The Morgan fingerprint density at radius 3 is 2.44 bits per heavy atom. The van der Waals surface area contributed by atoms with Gasteiger partial charge in [0, 0.05) is 5.92 Å². The number of hydrogen-bond donors (Lipinski definition) is 0. The summed E-state index contributed by atoms with van der Waals surface area (Å²) in [7, 11) is 1.32. The SMILES string of the molecule is C#CC(C)c1ccc(OC)cc1C(F)(F)F. The normalized spacial score (nSPS) is 13.0. The van der Waals surface area contributed by atoms with Gasteiger partial charge in [0.15, 0.2) is 0 Å². The zero-order chi connectivity index (χ0) is 12.3. The van der Waals surface area contributed by atoms with E-state index in [-0.39, 0.29) is 11.3 Å². The number of hydrogen-bond acceptors (Lipinski definition) is 1. The second kappa shape index (κ2) is 4.48. The number of rotatable bonds is 2. The van der Waals surface area contributed by atoms with E-state index in [1.807, 2.05) is 0 Å². The zero-order valence-electron chi connectivity index (χ0n) is 8.93. The fourth-order valence-corrected chi connectivity index (χ4v) is 1.38. The van der Waals surface area contributed by atoms with E-state index < -0.39 is 17.7 Å². The maximum Gasteiger partial charge on any atom is 0.416 e. The summed E-state index contributed by atoms with van der Waals surface area (Å²) in [6, 6.07) is 3.79. The first-order valence-electron chi connectivity index (χ1n) is 4.61. The summed E-state index contributed by atoms with van der Waals surface area (Å²) >= 11 is 0. The van der Waals surface area contributed by atoms with E-state index >= 15 is 0 Å². The molecule has 0 heterocycles. The standard InChI is InChI=1S/C12H11F3O/c1-4-8(2)10-6-5-9(16-3)7-11(10)12(13,14)15/h1,5-8H,2-3H3. The van der Waals surface area contributed by atoms with Gasteiger partial charge in [0.05, 0.1) is 12.7 Å². The molecule has 4 heteroatoms. The third-order valence-corrected chi connectivity index (χ3v) is 2.28. The Labute approximate surface area is 92.2 Å². The average molecular weight is 228 g/mol. The summed E-state index contributed by atoms with van der Waals surface area (Å²) in [5.41, 5.74) is -0.645. The third-order valence-electron chi connectivity index (χ3n) is 2.28. The molecular weight excluding hydrogens is 217 g/mol. The average Bonchev–Trinajstić information content (AvgIpc) is 2.26. The molecule has 1 unspecified atom stereocenters. The van der Waals surface area contributed by atoms with Gasteiger partial charge in [-0.3, -0.25) is 0 Å². The van der Waals surface area contributed by atoms with Crippen LogP contribution in [-0.2, 0) is 6.18 Å². The molecule has 1 aromatic carbocycles. The predicted octanol–water partition coefficient (Wildman–Crippen LogP) is 3.45. The highest BCUT2D eigenvalue weighted by Gasteiger charge is 2.34. The fourth-order valence-electron chi connectivity index (χ4n) is 1.38. The van der Waals surface area contributed by atoms with Gasteiger partial charge in [-0.05, 0) is 24.6 Å². The smallest absolute Gasteiger partial charge is 0.416 e. The molecule has 0 radical (unpaired) electrons. The Morgan fingerprint density at radius 1 is 1.38 bits per heavy atom. The van der Waals surface area contributed by atoms with E-state index in [4.69, 9.17) is 11.2 Å². The molecule has 0 aliphatic heterocycles. The highest BCUT2D eigenvalue weighted by Crippen LogP contribution is 2.37. The van der Waals surface area contributed by atoms with Crippen molar-refractivity contribution in [3.8, 4) is 18.1 Å². The monoisotopic (exact) mass is 228 g/mol. The quantitative estimate of drug-likeness (QED) is 0.704. The first-order chi connectivity index (χ1) is 7.40. The van der Waals surface area contributed by atoms with Crippen LogP contribution in [0, 0.1) is 12.3 Å².